The maximum atomic E-state index is 14.1. The maximum Gasteiger partial charge on any atom is 0.428 e. The summed E-state index contributed by atoms with van der Waals surface area (Å²) >= 11 is 0. The molecule has 0 heterocycles. The summed E-state index contributed by atoms with van der Waals surface area (Å²) in [5.74, 6) is -2.37. The van der Waals surface area contributed by atoms with Gasteiger partial charge < -0.3 is 19.5 Å². The summed E-state index contributed by atoms with van der Waals surface area (Å²) < 4.78 is 66.6. The molecule has 10 heteroatoms. The molecule has 0 saturated heterocycles. The molecule has 2 atom stereocenters. The van der Waals surface area contributed by atoms with Gasteiger partial charge in [-0.3, -0.25) is 0 Å². The van der Waals surface area contributed by atoms with Crippen molar-refractivity contribution in [3.05, 3.63) is 0 Å². The van der Waals surface area contributed by atoms with E-state index in [-0.39, 0.29) is 25.2 Å². The van der Waals surface area contributed by atoms with Crippen LogP contribution in [0.2, 0.25) is 0 Å². The maximum absolute atomic E-state index is 14.1. The second-order valence-electron chi connectivity index (χ2n) is 11.6. The second kappa shape index (κ2) is 6.64. The first-order chi connectivity index (χ1) is 14.7. The lowest BCUT2D eigenvalue weighted by atomic mass is 9.36. The van der Waals surface area contributed by atoms with Crippen molar-refractivity contribution in [2.45, 2.75) is 112 Å². The number of halogens is 2. The minimum Gasteiger partial charge on any atom is -0.743 e. The zero-order valence-corrected chi connectivity index (χ0v) is 18.9. The van der Waals surface area contributed by atoms with E-state index in [4.69, 9.17) is 4.74 Å². The van der Waals surface area contributed by atoms with Gasteiger partial charge in [0.2, 0.25) is 0 Å². The minimum absolute atomic E-state index is 0.0363. The monoisotopic (exact) mass is 477 g/mol. The molecule has 2 unspecified atom stereocenters. The summed E-state index contributed by atoms with van der Waals surface area (Å²) in [7, 11) is -6.23. The minimum atomic E-state index is -6.23. The molecule has 6 rings (SSSR count). The van der Waals surface area contributed by atoms with Gasteiger partial charge in [0, 0.05) is 10.8 Å². The highest BCUT2D eigenvalue weighted by Gasteiger charge is 2.74. The number of carbonyl (C=O) groups excluding carboxylic acids is 1. The van der Waals surface area contributed by atoms with Gasteiger partial charge in [0.05, 0.1) is 11.2 Å². The number of hydrogen-bond acceptors (Lipinski definition) is 7. The van der Waals surface area contributed by atoms with E-state index in [1.54, 1.807) is 0 Å². The highest BCUT2D eigenvalue weighted by atomic mass is 32.2. The molecule has 182 valence electrons. The molecular weight excluding hydrogens is 446 g/mol. The van der Waals surface area contributed by atoms with Crippen LogP contribution in [0, 0.1) is 16.7 Å². The molecule has 6 aliphatic carbocycles. The molecule has 0 aromatic carbocycles. The topological polar surface area (TPSA) is 124 Å². The van der Waals surface area contributed by atoms with Gasteiger partial charge in [-0.1, -0.05) is 25.7 Å². The van der Waals surface area contributed by atoms with E-state index >= 15 is 0 Å². The van der Waals surface area contributed by atoms with Crippen molar-refractivity contribution in [2.24, 2.45) is 16.7 Å². The third-order valence-electron chi connectivity index (χ3n) is 9.71. The lowest BCUT2D eigenvalue weighted by Gasteiger charge is -2.71. The van der Waals surface area contributed by atoms with E-state index in [9.17, 15) is 36.8 Å². The van der Waals surface area contributed by atoms with Crippen molar-refractivity contribution < 1.29 is 41.5 Å². The standard InChI is InChI=1S/C22H32F2O7S/c23-22(24,32(28,29)30)16(25)31-19-11-15-9-17(13-19,20(26)5-1-2-6-20)12-18(10-15,14-19)21(27)7-3-4-8-21/h15,26-27H,1-14H2,(H,28,29,30)/p-1. The first kappa shape index (κ1) is 22.9. The first-order valence-corrected chi connectivity index (χ1v) is 13.1. The highest BCUT2D eigenvalue weighted by Crippen LogP contribution is 2.75. The van der Waals surface area contributed by atoms with E-state index in [0.29, 0.717) is 44.9 Å². The normalized spacial score (nSPS) is 42.3. The lowest BCUT2D eigenvalue weighted by Crippen LogP contribution is -2.71. The fraction of sp³-hybridized carbons (Fsp3) is 0.955. The van der Waals surface area contributed by atoms with Crippen LogP contribution in [0.4, 0.5) is 8.78 Å². The molecular formula is C22H31F2O7S-. The Kier molecular flexibility index (Phi) is 4.76. The van der Waals surface area contributed by atoms with Crippen LogP contribution in [0.5, 0.6) is 0 Å². The molecule has 7 nitrogen and oxygen atoms in total. The summed E-state index contributed by atoms with van der Waals surface area (Å²) in [6.45, 7) is 0. The van der Waals surface area contributed by atoms with Crippen LogP contribution in [-0.4, -0.2) is 51.2 Å². The number of carbonyl (C=O) groups is 1. The zero-order chi connectivity index (χ0) is 23.3. The number of ether oxygens (including phenoxy) is 1. The van der Waals surface area contributed by atoms with Gasteiger partial charge in [0.15, 0.2) is 10.1 Å². The molecule has 6 saturated carbocycles. The van der Waals surface area contributed by atoms with Gasteiger partial charge in [-0.15, -0.1) is 0 Å². The summed E-state index contributed by atoms with van der Waals surface area (Å²) in [5.41, 5.74) is -4.85. The van der Waals surface area contributed by atoms with Gasteiger partial charge in [-0.2, -0.15) is 8.78 Å². The van der Waals surface area contributed by atoms with Crippen molar-refractivity contribution in [1.29, 1.82) is 0 Å². The van der Waals surface area contributed by atoms with Crippen LogP contribution in [0.3, 0.4) is 0 Å². The summed E-state index contributed by atoms with van der Waals surface area (Å²) in [4.78, 5) is 12.3. The average Bonchev–Trinajstić information content (AvgIpc) is 3.30. The number of aliphatic hydroxyl groups is 2. The van der Waals surface area contributed by atoms with E-state index in [1.807, 2.05) is 0 Å². The zero-order valence-electron chi connectivity index (χ0n) is 18.1. The Bertz CT molecular complexity index is 883. The molecule has 2 N–H and O–H groups in total. The fourth-order valence-electron chi connectivity index (χ4n) is 8.84. The number of rotatable bonds is 5. The molecule has 0 radical (unpaired) electrons. The van der Waals surface area contributed by atoms with Crippen LogP contribution in [0.1, 0.15) is 89.9 Å². The number of esters is 1. The van der Waals surface area contributed by atoms with Gasteiger partial charge in [-0.25, -0.2) is 13.2 Å². The van der Waals surface area contributed by atoms with E-state index in [1.165, 1.54) is 0 Å². The van der Waals surface area contributed by atoms with Crippen molar-refractivity contribution in [3.8, 4) is 0 Å². The molecule has 6 fully saturated rings. The molecule has 0 amide bonds. The van der Waals surface area contributed by atoms with Gasteiger partial charge in [-0.05, 0) is 70.1 Å². The Morgan fingerprint density at radius 3 is 1.72 bits per heavy atom. The Morgan fingerprint density at radius 2 is 1.31 bits per heavy atom. The van der Waals surface area contributed by atoms with Crippen molar-refractivity contribution in [2.75, 3.05) is 0 Å². The Morgan fingerprint density at radius 1 is 0.875 bits per heavy atom. The highest BCUT2D eigenvalue weighted by molar-refractivity contribution is 7.87. The predicted molar refractivity (Wildman–Crippen MR) is 106 cm³/mol. The van der Waals surface area contributed by atoms with Crippen LogP contribution in [0.25, 0.3) is 0 Å². The summed E-state index contributed by atoms with van der Waals surface area (Å²) in [6.07, 6.45) is 8.19. The van der Waals surface area contributed by atoms with Crippen LogP contribution in [-0.2, 0) is 19.6 Å². The van der Waals surface area contributed by atoms with Gasteiger partial charge in [0.25, 0.3) is 0 Å². The predicted octanol–water partition coefficient (Wildman–Crippen LogP) is 2.99. The Labute approximate surface area is 186 Å². The van der Waals surface area contributed by atoms with Gasteiger partial charge in [0.1, 0.15) is 5.60 Å². The summed E-state index contributed by atoms with van der Waals surface area (Å²) in [6, 6.07) is 0. The van der Waals surface area contributed by atoms with E-state index in [2.05, 4.69) is 0 Å². The number of alkyl halides is 2. The average molecular weight is 478 g/mol. The molecule has 6 aliphatic rings. The van der Waals surface area contributed by atoms with Crippen LogP contribution >= 0.6 is 0 Å². The largest absolute Gasteiger partial charge is 0.743 e. The molecule has 32 heavy (non-hydrogen) atoms. The van der Waals surface area contributed by atoms with Gasteiger partial charge >= 0.3 is 11.2 Å². The van der Waals surface area contributed by atoms with Crippen molar-refractivity contribution in [1.82, 2.24) is 0 Å². The molecule has 0 aromatic rings. The quantitative estimate of drug-likeness (QED) is 0.461. The van der Waals surface area contributed by atoms with Crippen LogP contribution in [0.15, 0.2) is 0 Å². The third-order valence-corrected chi connectivity index (χ3v) is 10.5. The smallest absolute Gasteiger partial charge is 0.428 e. The molecule has 0 aromatic heterocycles. The molecule has 0 spiro atoms. The van der Waals surface area contributed by atoms with E-state index < -0.39 is 49.0 Å². The second-order valence-corrected chi connectivity index (χ2v) is 13.0. The molecule has 4 bridgehead atoms. The van der Waals surface area contributed by atoms with E-state index in [0.717, 1.165) is 25.7 Å². The first-order valence-electron chi connectivity index (χ1n) is 11.7. The van der Waals surface area contributed by atoms with Crippen molar-refractivity contribution >= 4 is 16.1 Å². The SMILES string of the molecule is O=C(OC12CC3CC(C4(O)CCCC4)(C1)CC(C1(O)CCCC1)(C3)C2)C(F)(F)S(=O)(=O)[O-]. The molecule has 0 aliphatic heterocycles. The Hall–Kier alpha value is -0.840. The summed E-state index contributed by atoms with van der Waals surface area (Å²) in [5, 5.41) is 18.3. The van der Waals surface area contributed by atoms with Crippen molar-refractivity contribution in [3.63, 3.8) is 0 Å². The fourth-order valence-corrected chi connectivity index (χ4v) is 9.09. The Balaban J connectivity index is 1.57. The van der Waals surface area contributed by atoms with Crippen LogP contribution < -0.4 is 0 Å². The third kappa shape index (κ3) is 2.98. The number of hydrogen-bond donors (Lipinski definition) is 2. The lowest BCUT2D eigenvalue weighted by molar-refractivity contribution is -0.297.